The maximum atomic E-state index is 12.0. The monoisotopic (exact) mass is 338 g/mol. The van der Waals surface area contributed by atoms with Gasteiger partial charge in [-0.15, -0.1) is 0 Å². The lowest BCUT2D eigenvalue weighted by atomic mass is 9.58. The van der Waals surface area contributed by atoms with Crippen LogP contribution in [-0.2, 0) is 9.59 Å². The van der Waals surface area contributed by atoms with Crippen molar-refractivity contribution in [1.29, 1.82) is 0 Å². The number of ether oxygens (including phenoxy) is 1. The summed E-state index contributed by atoms with van der Waals surface area (Å²) >= 11 is 0. The first kappa shape index (κ1) is 16.9. The second-order valence-corrected chi connectivity index (χ2v) is 6.30. The fourth-order valence-electron chi connectivity index (χ4n) is 3.58. The number of hydrogen-bond donors (Lipinski definition) is 1. The van der Waals surface area contributed by atoms with Crippen LogP contribution in [0.2, 0.25) is 0 Å². The molecule has 0 aliphatic heterocycles. The third kappa shape index (κ3) is 3.31. The quantitative estimate of drug-likeness (QED) is 0.817. The topological polar surface area (TPSA) is 80.7 Å². The van der Waals surface area contributed by atoms with Gasteiger partial charge in [-0.1, -0.05) is 24.3 Å². The lowest BCUT2D eigenvalue weighted by Gasteiger charge is -2.44. The van der Waals surface area contributed by atoms with Gasteiger partial charge in [0.25, 0.3) is 6.47 Å². The molecule has 1 fully saturated rings. The van der Waals surface area contributed by atoms with E-state index < -0.39 is 5.97 Å². The van der Waals surface area contributed by atoms with Gasteiger partial charge >= 0.3 is 5.97 Å². The lowest BCUT2D eigenvalue weighted by Crippen LogP contribution is -2.37. The highest BCUT2D eigenvalue weighted by Crippen LogP contribution is 2.53. The van der Waals surface area contributed by atoms with Crippen molar-refractivity contribution in [3.05, 3.63) is 65.2 Å². The van der Waals surface area contributed by atoms with Gasteiger partial charge in [0.2, 0.25) is 0 Å². The molecule has 2 aromatic rings. The number of aromatic carboxylic acids is 1. The van der Waals surface area contributed by atoms with Gasteiger partial charge in [-0.2, -0.15) is 0 Å². The van der Waals surface area contributed by atoms with E-state index >= 15 is 0 Å². The van der Waals surface area contributed by atoms with E-state index in [9.17, 15) is 14.4 Å². The predicted molar refractivity (Wildman–Crippen MR) is 90.8 cm³/mol. The molecule has 1 aliphatic carbocycles. The number of rotatable bonds is 6. The van der Waals surface area contributed by atoms with Crippen molar-refractivity contribution < 1.29 is 24.2 Å². The minimum atomic E-state index is -0.955. The van der Waals surface area contributed by atoms with Crippen LogP contribution in [-0.4, -0.2) is 23.3 Å². The number of carbonyl (C=O) groups excluding carboxylic acids is 2. The molecule has 0 aromatic heterocycles. The van der Waals surface area contributed by atoms with E-state index in [1.165, 1.54) is 0 Å². The molecule has 0 saturated heterocycles. The standard InChI is InChI=1S/C20H18O5/c1-12(22)17-10-18(13-2-4-15(5-3-13)20(23)24)19(17)14-6-8-16(9-7-14)25-11-21/h2-9,11,17-19H,10H2,1H3,(H,23,24)/t17?,18-,19-/m1/s1. The zero-order valence-electron chi connectivity index (χ0n) is 13.7. The first-order valence-electron chi connectivity index (χ1n) is 8.05. The van der Waals surface area contributed by atoms with E-state index in [2.05, 4.69) is 0 Å². The van der Waals surface area contributed by atoms with Gasteiger partial charge in [0, 0.05) is 11.8 Å². The second kappa shape index (κ2) is 6.89. The van der Waals surface area contributed by atoms with Crippen LogP contribution in [0.1, 0.15) is 46.7 Å². The summed E-state index contributed by atoms with van der Waals surface area (Å²) in [5.41, 5.74) is 2.29. The summed E-state index contributed by atoms with van der Waals surface area (Å²) in [6.45, 7) is 1.98. The summed E-state index contributed by atoms with van der Waals surface area (Å²) in [6.07, 6.45) is 0.749. The number of carbonyl (C=O) groups is 3. The van der Waals surface area contributed by atoms with Crippen LogP contribution in [0.25, 0.3) is 0 Å². The molecule has 1 saturated carbocycles. The fourth-order valence-corrected chi connectivity index (χ4v) is 3.58. The molecule has 3 atom stereocenters. The van der Waals surface area contributed by atoms with Crippen molar-refractivity contribution in [2.24, 2.45) is 5.92 Å². The molecule has 0 amide bonds. The van der Waals surface area contributed by atoms with E-state index in [1.807, 2.05) is 24.3 Å². The summed E-state index contributed by atoms with van der Waals surface area (Å²) in [6, 6.07) is 14.0. The van der Waals surface area contributed by atoms with Crippen molar-refractivity contribution in [2.45, 2.75) is 25.2 Å². The number of hydrogen-bond acceptors (Lipinski definition) is 4. The highest BCUT2D eigenvalue weighted by Gasteiger charge is 2.44. The maximum absolute atomic E-state index is 12.0. The van der Waals surface area contributed by atoms with Crippen LogP contribution in [0.5, 0.6) is 5.75 Å². The smallest absolute Gasteiger partial charge is 0.335 e. The molecule has 3 rings (SSSR count). The summed E-state index contributed by atoms with van der Waals surface area (Å²) in [5.74, 6) is -0.199. The molecule has 1 unspecified atom stereocenters. The Labute approximate surface area is 145 Å². The Morgan fingerprint density at radius 2 is 1.64 bits per heavy atom. The molecule has 25 heavy (non-hydrogen) atoms. The third-order valence-corrected chi connectivity index (χ3v) is 4.93. The van der Waals surface area contributed by atoms with Gasteiger partial charge in [0.15, 0.2) is 0 Å². The first-order chi connectivity index (χ1) is 12.0. The number of carboxylic acid groups (broad SMARTS) is 1. The molecule has 1 aliphatic rings. The Bertz CT molecular complexity index is 792. The van der Waals surface area contributed by atoms with Crippen molar-refractivity contribution in [3.8, 4) is 5.75 Å². The number of ketones is 1. The van der Waals surface area contributed by atoms with Crippen molar-refractivity contribution in [2.75, 3.05) is 0 Å². The highest BCUT2D eigenvalue weighted by atomic mass is 16.5. The van der Waals surface area contributed by atoms with Crippen molar-refractivity contribution in [1.82, 2.24) is 0 Å². The predicted octanol–water partition coefficient (Wildman–Crippen LogP) is 3.40. The summed E-state index contributed by atoms with van der Waals surface area (Å²) < 4.78 is 4.81. The Morgan fingerprint density at radius 1 is 1.04 bits per heavy atom. The minimum absolute atomic E-state index is 0.0402. The van der Waals surface area contributed by atoms with Gasteiger partial charge in [-0.25, -0.2) is 4.79 Å². The first-order valence-corrected chi connectivity index (χ1v) is 8.05. The van der Waals surface area contributed by atoms with Crippen molar-refractivity contribution in [3.63, 3.8) is 0 Å². The second-order valence-electron chi connectivity index (χ2n) is 6.30. The molecule has 5 heteroatoms. The maximum Gasteiger partial charge on any atom is 0.335 e. The number of carboxylic acids is 1. The Hall–Kier alpha value is -2.95. The molecule has 128 valence electrons. The van der Waals surface area contributed by atoms with Gasteiger partial charge in [0.05, 0.1) is 5.56 Å². The normalized spacial score (nSPS) is 21.9. The fraction of sp³-hybridized carbons (Fsp3) is 0.250. The molecule has 2 aromatic carbocycles. The molecule has 0 bridgehead atoms. The molecule has 1 N–H and O–H groups in total. The Balaban J connectivity index is 1.87. The van der Waals surface area contributed by atoms with Gasteiger partial charge < -0.3 is 9.84 Å². The summed E-state index contributed by atoms with van der Waals surface area (Å²) in [4.78, 5) is 33.4. The van der Waals surface area contributed by atoms with Crippen LogP contribution < -0.4 is 4.74 Å². The lowest BCUT2D eigenvalue weighted by molar-refractivity contribution is -0.124. The van der Waals surface area contributed by atoms with Crippen molar-refractivity contribution >= 4 is 18.2 Å². The average molecular weight is 338 g/mol. The minimum Gasteiger partial charge on any atom is -0.478 e. The third-order valence-electron chi connectivity index (χ3n) is 4.93. The van der Waals surface area contributed by atoms with Crippen LogP contribution in [0.3, 0.4) is 0 Å². The van der Waals surface area contributed by atoms with E-state index in [1.54, 1.807) is 31.2 Å². The molecular formula is C20H18O5. The van der Waals surface area contributed by atoms with E-state index in [0.29, 0.717) is 12.2 Å². The van der Waals surface area contributed by atoms with Crippen LogP contribution >= 0.6 is 0 Å². The van der Waals surface area contributed by atoms with E-state index in [0.717, 1.165) is 17.5 Å². The molecule has 0 heterocycles. The van der Waals surface area contributed by atoms with Gasteiger partial charge in [0.1, 0.15) is 11.5 Å². The van der Waals surface area contributed by atoms with Gasteiger partial charge in [-0.05, 0) is 54.7 Å². The Morgan fingerprint density at radius 3 is 2.16 bits per heavy atom. The number of Topliss-reactive ketones (excluding diaryl/α,β-unsaturated/α-hetero) is 1. The largest absolute Gasteiger partial charge is 0.478 e. The van der Waals surface area contributed by atoms with Gasteiger partial charge in [-0.3, -0.25) is 9.59 Å². The Kier molecular flexibility index (Phi) is 4.65. The molecule has 5 nitrogen and oxygen atoms in total. The summed E-state index contributed by atoms with van der Waals surface area (Å²) in [5, 5.41) is 9.02. The SMILES string of the molecule is CC(=O)C1C[C@H](c2ccc(C(=O)O)cc2)[C@@H]1c1ccc(OC=O)cc1. The van der Waals surface area contributed by atoms with E-state index in [4.69, 9.17) is 9.84 Å². The molecule has 0 spiro atoms. The number of benzene rings is 2. The zero-order valence-corrected chi connectivity index (χ0v) is 13.7. The average Bonchev–Trinajstić information content (AvgIpc) is 2.56. The van der Waals surface area contributed by atoms with Crippen LogP contribution in [0.15, 0.2) is 48.5 Å². The van der Waals surface area contributed by atoms with E-state index in [-0.39, 0.29) is 29.1 Å². The van der Waals surface area contributed by atoms with Crippen LogP contribution in [0, 0.1) is 5.92 Å². The molecule has 0 radical (unpaired) electrons. The molecular weight excluding hydrogens is 320 g/mol. The van der Waals surface area contributed by atoms with Crippen LogP contribution in [0.4, 0.5) is 0 Å². The summed E-state index contributed by atoms with van der Waals surface area (Å²) in [7, 11) is 0. The highest BCUT2D eigenvalue weighted by molar-refractivity contribution is 5.87. The zero-order chi connectivity index (χ0) is 18.0.